The molecule has 0 aliphatic carbocycles. The molecule has 0 N–H and O–H groups in total. The number of hydrogen-bond acceptors (Lipinski definition) is 6. The molecule has 0 bridgehead atoms. The Hall–Kier alpha value is -3.17. The van der Waals surface area contributed by atoms with Crippen molar-refractivity contribution in [2.45, 2.75) is 23.9 Å². The molecule has 1 atom stereocenters. The van der Waals surface area contributed by atoms with Crippen LogP contribution in [-0.2, 0) is 6.61 Å². The Balaban J connectivity index is 1.63. The lowest BCUT2D eigenvalue weighted by Gasteiger charge is -2.18. The fraction of sp³-hybridized carbons (Fsp3) is 0.167. The van der Waals surface area contributed by atoms with Gasteiger partial charge in [-0.05, 0) is 42.8 Å². The van der Waals surface area contributed by atoms with Gasteiger partial charge in [-0.1, -0.05) is 76.2 Å². The summed E-state index contributed by atoms with van der Waals surface area (Å²) < 4.78 is 8.99. The Morgan fingerprint density at radius 1 is 1.03 bits per heavy atom. The van der Waals surface area contributed by atoms with Crippen molar-refractivity contribution in [3.05, 3.63) is 110 Å². The van der Waals surface area contributed by atoms with Crippen LogP contribution >= 0.6 is 27.7 Å². The summed E-state index contributed by atoms with van der Waals surface area (Å²) in [6, 6.07) is 25.0. The molecule has 3 aromatic carbocycles. The minimum atomic E-state index is -0.507. The topological polar surface area (TPSA) is 83.1 Å². The van der Waals surface area contributed by atoms with Crippen molar-refractivity contribution < 1.29 is 9.66 Å². The third kappa shape index (κ3) is 5.80. The lowest BCUT2D eigenvalue weighted by atomic mass is 10.1. The van der Waals surface area contributed by atoms with Crippen molar-refractivity contribution in [3.63, 3.8) is 0 Å². The van der Waals surface area contributed by atoms with Gasteiger partial charge >= 0.3 is 0 Å². The molecule has 1 aromatic heterocycles. The maximum atomic E-state index is 11.6. The van der Waals surface area contributed by atoms with Gasteiger partial charge in [-0.25, -0.2) is 0 Å². The van der Waals surface area contributed by atoms with Crippen LogP contribution in [0.3, 0.4) is 0 Å². The summed E-state index contributed by atoms with van der Waals surface area (Å²) in [5, 5.41) is 20.2. The number of thioether (sulfide) groups is 1. The fourth-order valence-corrected chi connectivity index (χ4v) is 4.84. The minimum absolute atomic E-state index is 0.274. The van der Waals surface area contributed by atoms with Gasteiger partial charge < -0.3 is 4.74 Å². The van der Waals surface area contributed by atoms with E-state index in [1.165, 1.54) is 11.8 Å². The molecule has 0 amide bonds. The first-order valence-corrected chi connectivity index (χ1v) is 11.9. The molecule has 4 rings (SSSR count). The summed E-state index contributed by atoms with van der Waals surface area (Å²) in [7, 11) is 0. The third-order valence-electron chi connectivity index (χ3n) is 4.95. The van der Waals surface area contributed by atoms with Crippen molar-refractivity contribution in [1.82, 2.24) is 14.8 Å². The predicted molar refractivity (Wildman–Crippen MR) is 131 cm³/mol. The summed E-state index contributed by atoms with van der Waals surface area (Å²) >= 11 is 4.74. The number of nitrogens with zero attached hydrogens (tertiary/aromatic N) is 4. The summed E-state index contributed by atoms with van der Waals surface area (Å²) in [6.45, 7) is 1.95. The number of aromatic nitrogens is 3. The second-order valence-electron chi connectivity index (χ2n) is 7.28. The molecule has 0 radical (unpaired) electrons. The van der Waals surface area contributed by atoms with Gasteiger partial charge in [-0.2, -0.15) is 0 Å². The molecule has 9 heteroatoms. The van der Waals surface area contributed by atoms with Gasteiger partial charge in [0.05, 0.1) is 0 Å². The number of benzene rings is 3. The van der Waals surface area contributed by atoms with Crippen LogP contribution in [0.2, 0.25) is 0 Å². The average molecular weight is 525 g/mol. The maximum absolute atomic E-state index is 11.6. The van der Waals surface area contributed by atoms with Crippen molar-refractivity contribution in [2.75, 3.05) is 6.54 Å². The maximum Gasteiger partial charge on any atom is 0.220 e. The van der Waals surface area contributed by atoms with E-state index in [1.54, 1.807) is 0 Å². The monoisotopic (exact) mass is 524 g/mol. The molecule has 168 valence electrons. The van der Waals surface area contributed by atoms with Crippen LogP contribution in [0.25, 0.3) is 5.69 Å². The van der Waals surface area contributed by atoms with Crippen LogP contribution in [0.5, 0.6) is 5.75 Å². The number of para-hydroxylation sites is 2. The van der Waals surface area contributed by atoms with Gasteiger partial charge in [-0.3, -0.25) is 14.7 Å². The van der Waals surface area contributed by atoms with Gasteiger partial charge in [-0.15, -0.1) is 10.2 Å². The number of halogens is 1. The highest BCUT2D eigenvalue weighted by Gasteiger charge is 2.26. The van der Waals surface area contributed by atoms with Crippen molar-refractivity contribution in [3.8, 4) is 11.4 Å². The van der Waals surface area contributed by atoms with Crippen LogP contribution in [0.4, 0.5) is 0 Å². The lowest BCUT2D eigenvalue weighted by molar-refractivity contribution is -0.479. The van der Waals surface area contributed by atoms with E-state index in [1.807, 2.05) is 90.4 Å². The quantitative estimate of drug-likeness (QED) is 0.151. The van der Waals surface area contributed by atoms with Crippen LogP contribution in [0, 0.1) is 17.0 Å². The Kier molecular flexibility index (Phi) is 7.41. The van der Waals surface area contributed by atoms with Crippen LogP contribution < -0.4 is 4.74 Å². The highest BCUT2D eigenvalue weighted by Crippen LogP contribution is 2.40. The minimum Gasteiger partial charge on any atom is -0.489 e. The Morgan fingerprint density at radius 2 is 1.73 bits per heavy atom. The van der Waals surface area contributed by atoms with Gasteiger partial charge in [0.15, 0.2) is 5.16 Å². The van der Waals surface area contributed by atoms with Crippen LogP contribution in [-0.4, -0.2) is 26.2 Å². The number of nitro groups is 1. The van der Waals surface area contributed by atoms with E-state index in [2.05, 4.69) is 26.1 Å². The molecule has 33 heavy (non-hydrogen) atoms. The molecule has 0 fully saturated rings. The van der Waals surface area contributed by atoms with E-state index in [0.29, 0.717) is 23.3 Å². The molecule has 4 aromatic rings. The molecule has 0 spiro atoms. The van der Waals surface area contributed by atoms with Gasteiger partial charge in [0.2, 0.25) is 6.54 Å². The zero-order valence-electron chi connectivity index (χ0n) is 17.8. The first-order chi connectivity index (χ1) is 16.0. The molecule has 0 saturated carbocycles. The molecule has 0 unspecified atom stereocenters. The smallest absolute Gasteiger partial charge is 0.220 e. The molecule has 7 nitrogen and oxygen atoms in total. The fourth-order valence-electron chi connectivity index (χ4n) is 3.38. The molecular weight excluding hydrogens is 504 g/mol. The summed E-state index contributed by atoms with van der Waals surface area (Å²) in [6.07, 6.45) is 0. The normalized spacial score (nSPS) is 11.8. The Labute approximate surface area is 204 Å². The second-order valence-corrected chi connectivity index (χ2v) is 9.36. The van der Waals surface area contributed by atoms with E-state index < -0.39 is 5.25 Å². The SMILES string of the molecule is Cc1nnc(S[C@H](C[N+](=O)[O-])c2ccccc2OCc2ccc(Br)cc2)n1-c1ccccc1. The van der Waals surface area contributed by atoms with E-state index in [4.69, 9.17) is 4.74 Å². The van der Waals surface area contributed by atoms with Gasteiger partial charge in [0.1, 0.15) is 23.4 Å². The first-order valence-electron chi connectivity index (χ1n) is 10.2. The van der Waals surface area contributed by atoms with Gasteiger partial charge in [0.25, 0.3) is 0 Å². The van der Waals surface area contributed by atoms with E-state index >= 15 is 0 Å². The summed E-state index contributed by atoms with van der Waals surface area (Å²) in [5.74, 6) is 1.32. The molecule has 0 aliphatic heterocycles. The lowest BCUT2D eigenvalue weighted by Crippen LogP contribution is -2.12. The summed E-state index contributed by atoms with van der Waals surface area (Å²) in [4.78, 5) is 11.3. The predicted octanol–water partition coefficient (Wildman–Crippen LogP) is 6.03. The molecule has 0 saturated heterocycles. The average Bonchev–Trinajstić information content (AvgIpc) is 3.18. The molecular formula is C24H21BrN4O3S. The zero-order chi connectivity index (χ0) is 23.2. The third-order valence-corrected chi connectivity index (χ3v) is 6.64. The van der Waals surface area contributed by atoms with E-state index in [9.17, 15) is 10.1 Å². The van der Waals surface area contributed by atoms with Crippen molar-refractivity contribution >= 4 is 27.7 Å². The van der Waals surface area contributed by atoms with E-state index in [-0.39, 0.29) is 11.5 Å². The number of hydrogen-bond donors (Lipinski definition) is 0. The largest absolute Gasteiger partial charge is 0.489 e. The standard InChI is InChI=1S/C24H21BrN4O3S/c1-17-26-27-24(29(17)20-7-3-2-4-8-20)33-23(15-28(30)31)21-9-5-6-10-22(21)32-16-18-11-13-19(25)14-12-18/h2-14,23H,15-16H2,1H3/t23-/m1/s1. The molecule has 0 aliphatic rings. The second kappa shape index (κ2) is 10.6. The summed E-state index contributed by atoms with van der Waals surface area (Å²) in [5.41, 5.74) is 2.66. The number of rotatable bonds is 9. The first kappa shape index (κ1) is 23.0. The highest BCUT2D eigenvalue weighted by atomic mass is 79.9. The van der Waals surface area contributed by atoms with Crippen molar-refractivity contribution in [1.29, 1.82) is 0 Å². The van der Waals surface area contributed by atoms with E-state index in [0.717, 1.165) is 21.3 Å². The van der Waals surface area contributed by atoms with Crippen LogP contribution in [0.15, 0.2) is 88.5 Å². The number of ether oxygens (including phenoxy) is 1. The highest BCUT2D eigenvalue weighted by molar-refractivity contribution is 9.10. The Morgan fingerprint density at radius 3 is 2.45 bits per heavy atom. The Bertz CT molecular complexity index is 1230. The van der Waals surface area contributed by atoms with Gasteiger partial charge in [0, 0.05) is 20.6 Å². The molecule has 1 heterocycles. The van der Waals surface area contributed by atoms with Crippen molar-refractivity contribution in [2.24, 2.45) is 0 Å². The number of aryl methyl sites for hydroxylation is 1. The van der Waals surface area contributed by atoms with Crippen LogP contribution in [0.1, 0.15) is 22.2 Å². The zero-order valence-corrected chi connectivity index (χ0v) is 20.2.